The number of nitrogens with zero attached hydrogens (tertiary/aromatic N) is 2. The summed E-state index contributed by atoms with van der Waals surface area (Å²) in [7, 11) is 0. The molecule has 17 heavy (non-hydrogen) atoms. The molecule has 1 aliphatic rings. The van der Waals surface area contributed by atoms with E-state index < -0.39 is 0 Å². The van der Waals surface area contributed by atoms with Crippen LogP contribution in [-0.2, 0) is 0 Å². The van der Waals surface area contributed by atoms with Crippen molar-refractivity contribution in [2.24, 2.45) is 5.73 Å². The maximum absolute atomic E-state index is 12.4. The summed E-state index contributed by atoms with van der Waals surface area (Å²) in [6.45, 7) is 7.42. The van der Waals surface area contributed by atoms with E-state index in [0.29, 0.717) is 6.54 Å². The third-order valence-electron chi connectivity index (χ3n) is 3.35. The summed E-state index contributed by atoms with van der Waals surface area (Å²) >= 11 is 0. The first-order valence-electron chi connectivity index (χ1n) is 6.92. The van der Waals surface area contributed by atoms with E-state index in [-0.39, 0.29) is 12.1 Å². The van der Waals surface area contributed by atoms with Crippen molar-refractivity contribution in [1.29, 1.82) is 0 Å². The predicted octanol–water partition coefficient (Wildman–Crippen LogP) is 2.04. The molecule has 2 amide bonds. The van der Waals surface area contributed by atoms with Crippen molar-refractivity contribution < 1.29 is 4.79 Å². The van der Waals surface area contributed by atoms with Gasteiger partial charge in [-0.3, -0.25) is 0 Å². The van der Waals surface area contributed by atoms with Crippen LogP contribution in [0.15, 0.2) is 0 Å². The van der Waals surface area contributed by atoms with Gasteiger partial charge in [0.15, 0.2) is 0 Å². The molecule has 0 bridgehead atoms. The van der Waals surface area contributed by atoms with E-state index in [1.807, 2.05) is 9.80 Å². The van der Waals surface area contributed by atoms with Gasteiger partial charge in [-0.15, -0.1) is 0 Å². The molecule has 0 spiro atoms. The van der Waals surface area contributed by atoms with Crippen LogP contribution in [0.5, 0.6) is 0 Å². The molecule has 0 aromatic carbocycles. The summed E-state index contributed by atoms with van der Waals surface area (Å²) in [4.78, 5) is 16.4. The highest BCUT2D eigenvalue weighted by Gasteiger charge is 2.23. The number of carbonyl (C=O) groups is 1. The Morgan fingerprint density at radius 3 is 2.29 bits per heavy atom. The summed E-state index contributed by atoms with van der Waals surface area (Å²) < 4.78 is 0. The first-order valence-corrected chi connectivity index (χ1v) is 6.92. The van der Waals surface area contributed by atoms with E-state index in [2.05, 4.69) is 13.8 Å². The minimum absolute atomic E-state index is 0.204. The van der Waals surface area contributed by atoms with Crippen LogP contribution in [0.4, 0.5) is 4.79 Å². The lowest BCUT2D eigenvalue weighted by atomic mass is 10.2. The Hall–Kier alpha value is -0.770. The third-order valence-corrected chi connectivity index (χ3v) is 3.35. The number of hydrogen-bond acceptors (Lipinski definition) is 2. The molecule has 0 unspecified atom stereocenters. The van der Waals surface area contributed by atoms with Crippen LogP contribution in [0.25, 0.3) is 0 Å². The van der Waals surface area contributed by atoms with Crippen molar-refractivity contribution in [2.45, 2.75) is 52.0 Å². The zero-order valence-corrected chi connectivity index (χ0v) is 11.3. The van der Waals surface area contributed by atoms with Gasteiger partial charge in [0, 0.05) is 25.7 Å². The molecule has 0 saturated carbocycles. The van der Waals surface area contributed by atoms with E-state index in [9.17, 15) is 4.79 Å². The van der Waals surface area contributed by atoms with E-state index in [4.69, 9.17) is 5.73 Å². The summed E-state index contributed by atoms with van der Waals surface area (Å²) in [6.07, 6.45) is 5.70. The molecular weight excluding hydrogens is 214 g/mol. The molecular formula is C13H27N3O. The molecule has 0 radical (unpaired) electrons. The van der Waals surface area contributed by atoms with Crippen LogP contribution in [0.1, 0.15) is 46.0 Å². The van der Waals surface area contributed by atoms with Gasteiger partial charge in [-0.05, 0) is 39.7 Å². The molecule has 1 fully saturated rings. The highest BCUT2D eigenvalue weighted by molar-refractivity contribution is 5.74. The lowest BCUT2D eigenvalue weighted by molar-refractivity contribution is 0.141. The minimum atomic E-state index is 0.204. The number of amides is 2. The molecule has 4 nitrogen and oxygen atoms in total. The Bertz CT molecular complexity index is 223. The van der Waals surface area contributed by atoms with Crippen molar-refractivity contribution in [2.75, 3.05) is 26.2 Å². The number of urea groups is 1. The standard InChI is InChI=1S/C13H27N3O/c1-12(2)16(11-7-8-14)13(17)15-9-5-3-4-6-10-15/h12H,3-11,14H2,1-2H3. The fourth-order valence-electron chi connectivity index (χ4n) is 2.28. The second-order valence-corrected chi connectivity index (χ2v) is 5.11. The van der Waals surface area contributed by atoms with Crippen LogP contribution >= 0.6 is 0 Å². The van der Waals surface area contributed by atoms with Crippen LogP contribution < -0.4 is 5.73 Å². The monoisotopic (exact) mass is 241 g/mol. The van der Waals surface area contributed by atoms with Crippen molar-refractivity contribution in [3.05, 3.63) is 0 Å². The smallest absolute Gasteiger partial charge is 0.320 e. The van der Waals surface area contributed by atoms with Gasteiger partial charge in [-0.1, -0.05) is 12.8 Å². The number of likely N-dealkylation sites (tertiary alicyclic amines) is 1. The lowest BCUT2D eigenvalue weighted by Gasteiger charge is -2.32. The van der Waals surface area contributed by atoms with Crippen molar-refractivity contribution in [3.63, 3.8) is 0 Å². The molecule has 1 rings (SSSR count). The zero-order valence-electron chi connectivity index (χ0n) is 11.3. The quantitative estimate of drug-likeness (QED) is 0.819. The SMILES string of the molecule is CC(C)N(CCCN)C(=O)N1CCCCCC1. The third kappa shape index (κ3) is 4.54. The minimum Gasteiger partial charge on any atom is -0.330 e. The largest absolute Gasteiger partial charge is 0.330 e. The van der Waals surface area contributed by atoms with Gasteiger partial charge in [0.25, 0.3) is 0 Å². The van der Waals surface area contributed by atoms with E-state index >= 15 is 0 Å². The first-order chi connectivity index (χ1) is 8.16. The molecule has 1 aliphatic heterocycles. The zero-order chi connectivity index (χ0) is 12.7. The Labute approximate surface area is 105 Å². The van der Waals surface area contributed by atoms with E-state index in [0.717, 1.165) is 38.9 Å². The van der Waals surface area contributed by atoms with Gasteiger partial charge >= 0.3 is 6.03 Å². The van der Waals surface area contributed by atoms with E-state index in [1.54, 1.807) is 0 Å². The van der Waals surface area contributed by atoms with Gasteiger partial charge in [0.1, 0.15) is 0 Å². The van der Waals surface area contributed by atoms with Crippen molar-refractivity contribution in [3.8, 4) is 0 Å². The number of carbonyl (C=O) groups excluding carboxylic acids is 1. The molecule has 1 heterocycles. The summed E-state index contributed by atoms with van der Waals surface area (Å²) in [6, 6.07) is 0.465. The number of hydrogen-bond donors (Lipinski definition) is 1. The van der Waals surface area contributed by atoms with Gasteiger partial charge in [-0.2, -0.15) is 0 Å². The van der Waals surface area contributed by atoms with Gasteiger partial charge in [-0.25, -0.2) is 4.79 Å². The normalized spacial score (nSPS) is 17.1. The first kappa shape index (κ1) is 14.3. The average Bonchev–Trinajstić information content (AvgIpc) is 2.57. The molecule has 0 aromatic heterocycles. The second-order valence-electron chi connectivity index (χ2n) is 5.11. The summed E-state index contributed by atoms with van der Waals surface area (Å²) in [5.74, 6) is 0. The number of rotatable bonds is 4. The Kier molecular flexibility index (Phi) is 6.34. The van der Waals surface area contributed by atoms with Crippen LogP contribution in [0, 0.1) is 0 Å². The Morgan fingerprint density at radius 2 is 1.82 bits per heavy atom. The van der Waals surface area contributed by atoms with Gasteiger partial charge in [0.05, 0.1) is 0 Å². The van der Waals surface area contributed by atoms with Crippen LogP contribution in [-0.4, -0.2) is 48.1 Å². The summed E-state index contributed by atoms with van der Waals surface area (Å²) in [5, 5.41) is 0. The van der Waals surface area contributed by atoms with Gasteiger partial charge < -0.3 is 15.5 Å². The molecule has 0 aromatic rings. The van der Waals surface area contributed by atoms with Gasteiger partial charge in [0.2, 0.25) is 0 Å². The molecule has 2 N–H and O–H groups in total. The molecule has 0 atom stereocenters. The highest BCUT2D eigenvalue weighted by atomic mass is 16.2. The lowest BCUT2D eigenvalue weighted by Crippen LogP contribution is -2.47. The average molecular weight is 241 g/mol. The molecule has 0 aliphatic carbocycles. The molecule has 100 valence electrons. The van der Waals surface area contributed by atoms with Crippen LogP contribution in [0.2, 0.25) is 0 Å². The fourth-order valence-corrected chi connectivity index (χ4v) is 2.28. The maximum atomic E-state index is 12.4. The number of nitrogens with two attached hydrogens (primary N) is 1. The molecule has 1 saturated heterocycles. The fraction of sp³-hybridized carbons (Fsp3) is 0.923. The maximum Gasteiger partial charge on any atom is 0.320 e. The predicted molar refractivity (Wildman–Crippen MR) is 71.0 cm³/mol. The second kappa shape index (κ2) is 7.54. The highest BCUT2D eigenvalue weighted by Crippen LogP contribution is 2.13. The van der Waals surface area contributed by atoms with Crippen LogP contribution in [0.3, 0.4) is 0 Å². The van der Waals surface area contributed by atoms with E-state index in [1.165, 1.54) is 12.8 Å². The topological polar surface area (TPSA) is 49.6 Å². The summed E-state index contributed by atoms with van der Waals surface area (Å²) in [5.41, 5.74) is 5.53. The molecule has 4 heteroatoms. The Balaban J connectivity index is 2.55. The van der Waals surface area contributed by atoms with Crippen molar-refractivity contribution in [1.82, 2.24) is 9.80 Å². The Morgan fingerprint density at radius 1 is 1.24 bits per heavy atom. The van der Waals surface area contributed by atoms with Crippen molar-refractivity contribution >= 4 is 6.03 Å².